The number of hydrogen-bond acceptors (Lipinski definition) is 4. The Morgan fingerprint density at radius 3 is 1.72 bits per heavy atom. The molecule has 2 aromatic rings. The van der Waals surface area contributed by atoms with Crippen molar-refractivity contribution in [3.05, 3.63) is 70.8 Å². The molecule has 0 saturated carbocycles. The van der Waals surface area contributed by atoms with Gasteiger partial charge in [-0.1, -0.05) is 48.5 Å². The van der Waals surface area contributed by atoms with Gasteiger partial charge in [-0.15, -0.1) is 0 Å². The van der Waals surface area contributed by atoms with E-state index >= 15 is 0 Å². The molecular formula is C21H28O4. The van der Waals surface area contributed by atoms with Crippen molar-refractivity contribution >= 4 is 0 Å². The number of methoxy groups -OCH3 is 2. The number of rotatable bonds is 12. The van der Waals surface area contributed by atoms with Gasteiger partial charge in [-0.25, -0.2) is 0 Å². The van der Waals surface area contributed by atoms with E-state index in [1.54, 1.807) is 14.2 Å². The maximum atomic E-state index is 5.75. The lowest BCUT2D eigenvalue weighted by molar-refractivity contribution is 0.0588. The Labute approximate surface area is 150 Å². The maximum Gasteiger partial charge on any atom is 0.0720 e. The van der Waals surface area contributed by atoms with Crippen LogP contribution in [-0.2, 0) is 38.6 Å². The van der Waals surface area contributed by atoms with Gasteiger partial charge in [-0.05, 0) is 28.7 Å². The second-order valence-corrected chi connectivity index (χ2v) is 5.81. The Kier molecular flexibility index (Phi) is 9.23. The molecule has 2 aromatic carbocycles. The van der Waals surface area contributed by atoms with Gasteiger partial charge in [0.25, 0.3) is 0 Å². The Bertz CT molecular complexity index is 568. The first kappa shape index (κ1) is 19.6. The Hall–Kier alpha value is -1.72. The summed E-state index contributed by atoms with van der Waals surface area (Å²) in [7, 11) is 3.37. The van der Waals surface area contributed by atoms with E-state index in [4.69, 9.17) is 18.9 Å². The van der Waals surface area contributed by atoms with Gasteiger partial charge in [0.05, 0.1) is 39.6 Å². The second-order valence-electron chi connectivity index (χ2n) is 5.81. The van der Waals surface area contributed by atoms with E-state index in [2.05, 4.69) is 42.5 Å². The molecule has 0 aromatic heterocycles. The van der Waals surface area contributed by atoms with Crippen LogP contribution >= 0.6 is 0 Å². The zero-order chi connectivity index (χ0) is 17.7. The molecule has 0 unspecified atom stereocenters. The van der Waals surface area contributed by atoms with Gasteiger partial charge < -0.3 is 18.9 Å². The fraction of sp³-hybridized carbons (Fsp3) is 0.429. The van der Waals surface area contributed by atoms with Crippen LogP contribution in [0.25, 0.3) is 0 Å². The van der Waals surface area contributed by atoms with Gasteiger partial charge in [-0.2, -0.15) is 0 Å². The summed E-state index contributed by atoms with van der Waals surface area (Å²) in [4.78, 5) is 0. The van der Waals surface area contributed by atoms with Crippen molar-refractivity contribution in [1.29, 1.82) is 0 Å². The fourth-order valence-electron chi connectivity index (χ4n) is 2.63. The lowest BCUT2D eigenvalue weighted by Crippen LogP contribution is -2.08. The summed E-state index contributed by atoms with van der Waals surface area (Å²) in [6.45, 7) is 3.56. The van der Waals surface area contributed by atoms with Crippen molar-refractivity contribution in [2.75, 3.05) is 40.6 Å². The zero-order valence-corrected chi connectivity index (χ0v) is 15.2. The Morgan fingerprint density at radius 2 is 1.20 bits per heavy atom. The molecule has 0 aliphatic heterocycles. The third-order valence-electron chi connectivity index (χ3n) is 3.97. The molecule has 0 spiro atoms. The minimum Gasteiger partial charge on any atom is -0.382 e. The second kappa shape index (κ2) is 11.8. The summed E-state index contributed by atoms with van der Waals surface area (Å²) >= 11 is 0. The van der Waals surface area contributed by atoms with E-state index in [9.17, 15) is 0 Å². The third kappa shape index (κ3) is 6.96. The van der Waals surface area contributed by atoms with Crippen LogP contribution in [0.2, 0.25) is 0 Å². The predicted octanol–water partition coefficient (Wildman–Crippen LogP) is 3.60. The van der Waals surface area contributed by atoms with E-state index in [1.165, 1.54) is 22.3 Å². The molecule has 0 radical (unpaired) electrons. The van der Waals surface area contributed by atoms with E-state index < -0.39 is 0 Å². The van der Waals surface area contributed by atoms with Crippen LogP contribution in [0.4, 0.5) is 0 Å². The van der Waals surface area contributed by atoms with Gasteiger partial charge in [0.15, 0.2) is 0 Å². The molecule has 25 heavy (non-hydrogen) atoms. The summed E-state index contributed by atoms with van der Waals surface area (Å²) in [6, 6.07) is 16.8. The lowest BCUT2D eigenvalue weighted by Gasteiger charge is -2.16. The van der Waals surface area contributed by atoms with E-state index in [1.807, 2.05) is 6.07 Å². The molecule has 0 N–H and O–H groups in total. The first-order chi connectivity index (χ1) is 12.3. The van der Waals surface area contributed by atoms with Gasteiger partial charge in [-0.3, -0.25) is 0 Å². The van der Waals surface area contributed by atoms with Crippen molar-refractivity contribution in [1.82, 2.24) is 0 Å². The van der Waals surface area contributed by atoms with E-state index in [-0.39, 0.29) is 0 Å². The molecule has 4 heteroatoms. The first-order valence-corrected chi connectivity index (χ1v) is 8.62. The average molecular weight is 344 g/mol. The molecule has 4 nitrogen and oxygen atoms in total. The summed E-state index contributed by atoms with van der Waals surface area (Å²) in [6.07, 6.45) is 0.869. The normalized spacial score (nSPS) is 11.0. The van der Waals surface area contributed by atoms with Crippen LogP contribution in [-0.4, -0.2) is 40.6 Å². The minimum absolute atomic E-state index is 0.581. The van der Waals surface area contributed by atoms with Crippen molar-refractivity contribution in [3.63, 3.8) is 0 Å². The highest BCUT2D eigenvalue weighted by Gasteiger charge is 2.10. The highest BCUT2D eigenvalue weighted by Crippen LogP contribution is 2.21. The molecule has 0 bridgehead atoms. The van der Waals surface area contributed by atoms with E-state index in [0.717, 1.165) is 6.42 Å². The molecule has 0 amide bonds. The highest BCUT2D eigenvalue weighted by atomic mass is 16.5. The van der Waals surface area contributed by atoms with Crippen LogP contribution in [0.1, 0.15) is 22.3 Å². The van der Waals surface area contributed by atoms with Gasteiger partial charge in [0.2, 0.25) is 0 Å². The third-order valence-corrected chi connectivity index (χ3v) is 3.97. The molecule has 0 fully saturated rings. The maximum absolute atomic E-state index is 5.75. The molecule has 0 aliphatic carbocycles. The summed E-state index contributed by atoms with van der Waals surface area (Å²) < 4.78 is 21.6. The SMILES string of the molecule is COCCOCc1cccc(COCCOC)c1Cc1ccccc1. The van der Waals surface area contributed by atoms with Crippen LogP contribution in [0.3, 0.4) is 0 Å². The number of ether oxygens (including phenoxy) is 4. The molecule has 136 valence electrons. The van der Waals surface area contributed by atoms with Gasteiger partial charge >= 0.3 is 0 Å². The molecular weight excluding hydrogens is 316 g/mol. The predicted molar refractivity (Wildman–Crippen MR) is 98.8 cm³/mol. The quantitative estimate of drug-likeness (QED) is 0.551. The number of hydrogen-bond donors (Lipinski definition) is 0. The Morgan fingerprint density at radius 1 is 0.640 bits per heavy atom. The first-order valence-electron chi connectivity index (χ1n) is 8.62. The van der Waals surface area contributed by atoms with Crippen LogP contribution in [0.15, 0.2) is 48.5 Å². The topological polar surface area (TPSA) is 36.9 Å². The highest BCUT2D eigenvalue weighted by molar-refractivity contribution is 5.38. The summed E-state index contributed by atoms with van der Waals surface area (Å²) in [5.74, 6) is 0. The van der Waals surface area contributed by atoms with E-state index in [0.29, 0.717) is 39.6 Å². The summed E-state index contributed by atoms with van der Waals surface area (Å²) in [5, 5.41) is 0. The van der Waals surface area contributed by atoms with Gasteiger partial charge in [0, 0.05) is 14.2 Å². The molecule has 0 saturated heterocycles. The molecule has 2 rings (SSSR count). The smallest absolute Gasteiger partial charge is 0.0720 e. The van der Waals surface area contributed by atoms with Crippen molar-refractivity contribution in [2.24, 2.45) is 0 Å². The average Bonchev–Trinajstić information content (AvgIpc) is 2.65. The minimum atomic E-state index is 0.581. The molecule has 0 aliphatic rings. The lowest BCUT2D eigenvalue weighted by atomic mass is 9.95. The van der Waals surface area contributed by atoms with Crippen molar-refractivity contribution < 1.29 is 18.9 Å². The standard InChI is InChI=1S/C21H28O4/c1-22-11-13-24-16-19-9-6-10-20(17-25-14-12-23-2)21(19)15-18-7-4-3-5-8-18/h3-10H,11-17H2,1-2H3. The van der Waals surface area contributed by atoms with Crippen molar-refractivity contribution in [3.8, 4) is 0 Å². The van der Waals surface area contributed by atoms with Crippen molar-refractivity contribution in [2.45, 2.75) is 19.6 Å². The fourth-order valence-corrected chi connectivity index (χ4v) is 2.63. The monoisotopic (exact) mass is 344 g/mol. The molecule has 0 heterocycles. The van der Waals surface area contributed by atoms with Crippen LogP contribution < -0.4 is 0 Å². The van der Waals surface area contributed by atoms with Gasteiger partial charge in [0.1, 0.15) is 0 Å². The van der Waals surface area contributed by atoms with Crippen LogP contribution in [0.5, 0.6) is 0 Å². The number of benzene rings is 2. The largest absolute Gasteiger partial charge is 0.382 e. The van der Waals surface area contributed by atoms with Crippen LogP contribution in [0, 0.1) is 0 Å². The Balaban J connectivity index is 2.12. The molecule has 0 atom stereocenters. The summed E-state index contributed by atoms with van der Waals surface area (Å²) in [5.41, 5.74) is 4.97. The zero-order valence-electron chi connectivity index (χ0n) is 15.2.